The number of hydrogen-bond acceptors (Lipinski definition) is 4. The third kappa shape index (κ3) is 3.57. The average Bonchev–Trinajstić information content (AvgIpc) is 3.14. The van der Waals surface area contributed by atoms with Gasteiger partial charge in [-0.05, 0) is 37.8 Å². The van der Waals surface area contributed by atoms with Gasteiger partial charge in [0.15, 0.2) is 0 Å². The lowest BCUT2D eigenvalue weighted by Crippen LogP contribution is -2.44. The summed E-state index contributed by atoms with van der Waals surface area (Å²) in [6.07, 6.45) is 2.99. The quantitative estimate of drug-likeness (QED) is 0.815. The lowest BCUT2D eigenvalue weighted by Gasteiger charge is -2.22. The zero-order valence-corrected chi connectivity index (χ0v) is 14.8. The largest absolute Gasteiger partial charge is 0.444 e. The molecule has 3 amide bonds. The van der Waals surface area contributed by atoms with Crippen molar-refractivity contribution in [2.75, 3.05) is 0 Å². The first-order valence-corrected chi connectivity index (χ1v) is 8.53. The summed E-state index contributed by atoms with van der Waals surface area (Å²) in [6.45, 7) is 6.10. The van der Waals surface area contributed by atoms with E-state index in [-0.39, 0.29) is 18.5 Å². The van der Waals surface area contributed by atoms with Gasteiger partial charge in [-0.2, -0.15) is 0 Å². The standard InChI is InChI=1S/C19H23N3O3/c1-13(2)9-10-19(3)17(23)22(18(24)21-19)11-15-12-25-16(20-15)14-7-5-4-6-8-14/h4-8,12-13H,9-11H2,1-3H3,(H,21,24). The molecule has 1 aromatic heterocycles. The molecule has 3 rings (SSSR count). The number of carbonyl (C=O) groups is 2. The zero-order valence-electron chi connectivity index (χ0n) is 14.8. The molecule has 1 aliphatic heterocycles. The molecule has 0 saturated carbocycles. The predicted molar refractivity (Wildman–Crippen MR) is 93.5 cm³/mol. The van der Waals surface area contributed by atoms with Gasteiger partial charge in [0.05, 0.1) is 12.2 Å². The monoisotopic (exact) mass is 341 g/mol. The summed E-state index contributed by atoms with van der Waals surface area (Å²) in [5, 5.41) is 2.82. The number of imide groups is 1. The number of hydrogen-bond donors (Lipinski definition) is 1. The van der Waals surface area contributed by atoms with E-state index < -0.39 is 5.54 Å². The van der Waals surface area contributed by atoms with Gasteiger partial charge in [-0.15, -0.1) is 0 Å². The summed E-state index contributed by atoms with van der Waals surface area (Å²) in [4.78, 5) is 30.6. The molecule has 0 radical (unpaired) electrons. The van der Waals surface area contributed by atoms with Crippen LogP contribution in [0.4, 0.5) is 4.79 Å². The number of urea groups is 1. The maximum Gasteiger partial charge on any atom is 0.325 e. The van der Waals surface area contributed by atoms with Crippen LogP contribution >= 0.6 is 0 Å². The van der Waals surface area contributed by atoms with E-state index in [4.69, 9.17) is 4.42 Å². The topological polar surface area (TPSA) is 75.4 Å². The summed E-state index contributed by atoms with van der Waals surface area (Å²) in [7, 11) is 0. The van der Waals surface area contributed by atoms with E-state index in [1.54, 1.807) is 6.92 Å². The minimum Gasteiger partial charge on any atom is -0.444 e. The fourth-order valence-corrected chi connectivity index (χ4v) is 2.89. The van der Waals surface area contributed by atoms with Gasteiger partial charge in [-0.3, -0.25) is 9.69 Å². The van der Waals surface area contributed by atoms with E-state index in [0.717, 1.165) is 12.0 Å². The molecular weight excluding hydrogens is 318 g/mol. The Morgan fingerprint density at radius 2 is 1.96 bits per heavy atom. The van der Waals surface area contributed by atoms with Crippen molar-refractivity contribution in [3.05, 3.63) is 42.3 Å². The van der Waals surface area contributed by atoms with E-state index in [2.05, 4.69) is 24.1 Å². The Labute approximate surface area is 147 Å². The Balaban J connectivity index is 1.72. The van der Waals surface area contributed by atoms with Gasteiger partial charge >= 0.3 is 6.03 Å². The molecule has 1 aliphatic rings. The first-order chi connectivity index (χ1) is 11.9. The van der Waals surface area contributed by atoms with Crippen LogP contribution < -0.4 is 5.32 Å². The number of amides is 3. The molecule has 1 aromatic carbocycles. The predicted octanol–water partition coefficient (Wildman–Crippen LogP) is 3.59. The smallest absolute Gasteiger partial charge is 0.325 e. The van der Waals surface area contributed by atoms with Crippen LogP contribution in [0.5, 0.6) is 0 Å². The van der Waals surface area contributed by atoms with Gasteiger partial charge in [-0.25, -0.2) is 9.78 Å². The molecule has 6 heteroatoms. The maximum absolute atomic E-state index is 12.7. The maximum atomic E-state index is 12.7. The van der Waals surface area contributed by atoms with Crippen LogP contribution in [0, 0.1) is 5.92 Å². The van der Waals surface area contributed by atoms with Crippen molar-refractivity contribution < 1.29 is 14.0 Å². The second-order valence-corrected chi connectivity index (χ2v) is 7.10. The van der Waals surface area contributed by atoms with Crippen LogP contribution in [0.2, 0.25) is 0 Å². The molecule has 0 spiro atoms. The second-order valence-electron chi connectivity index (χ2n) is 7.10. The van der Waals surface area contributed by atoms with Gasteiger partial charge in [-0.1, -0.05) is 32.0 Å². The molecule has 132 valence electrons. The molecule has 0 aliphatic carbocycles. The van der Waals surface area contributed by atoms with Crippen molar-refractivity contribution in [3.8, 4) is 11.5 Å². The number of oxazole rings is 1. The van der Waals surface area contributed by atoms with Gasteiger partial charge in [0.1, 0.15) is 11.8 Å². The normalized spacial score (nSPS) is 20.4. The van der Waals surface area contributed by atoms with Crippen molar-refractivity contribution in [1.29, 1.82) is 0 Å². The minimum atomic E-state index is -0.840. The van der Waals surface area contributed by atoms with Crippen molar-refractivity contribution in [3.63, 3.8) is 0 Å². The van der Waals surface area contributed by atoms with Gasteiger partial charge in [0.25, 0.3) is 5.91 Å². The lowest BCUT2D eigenvalue weighted by molar-refractivity contribution is -0.131. The average molecular weight is 341 g/mol. The summed E-state index contributed by atoms with van der Waals surface area (Å²) >= 11 is 0. The number of nitrogens with zero attached hydrogens (tertiary/aromatic N) is 2. The summed E-state index contributed by atoms with van der Waals surface area (Å²) in [5.74, 6) is 0.743. The Kier molecular flexibility index (Phi) is 4.61. The molecule has 0 bridgehead atoms. The fraction of sp³-hybridized carbons (Fsp3) is 0.421. The number of aromatic nitrogens is 1. The molecular formula is C19H23N3O3. The molecule has 1 saturated heterocycles. The van der Waals surface area contributed by atoms with Crippen LogP contribution in [-0.4, -0.2) is 27.4 Å². The highest BCUT2D eigenvalue weighted by Gasteiger charge is 2.47. The fourth-order valence-electron chi connectivity index (χ4n) is 2.89. The number of benzene rings is 1. The SMILES string of the molecule is CC(C)CCC1(C)NC(=O)N(Cc2coc(-c3ccccc3)n2)C1=O. The van der Waals surface area contributed by atoms with Crippen molar-refractivity contribution in [2.24, 2.45) is 5.92 Å². The summed E-state index contributed by atoms with van der Waals surface area (Å²) < 4.78 is 5.48. The van der Waals surface area contributed by atoms with E-state index in [1.165, 1.54) is 11.2 Å². The highest BCUT2D eigenvalue weighted by atomic mass is 16.3. The first kappa shape index (κ1) is 17.2. The van der Waals surface area contributed by atoms with Crippen LogP contribution in [0.15, 0.2) is 41.0 Å². The molecule has 1 fully saturated rings. The molecule has 1 unspecified atom stereocenters. The lowest BCUT2D eigenvalue weighted by atomic mass is 9.92. The van der Waals surface area contributed by atoms with Gasteiger partial charge in [0, 0.05) is 5.56 Å². The molecule has 1 N–H and O–H groups in total. The molecule has 6 nitrogen and oxygen atoms in total. The number of carbonyl (C=O) groups excluding carboxylic acids is 2. The summed E-state index contributed by atoms with van der Waals surface area (Å²) in [6, 6.07) is 9.13. The molecule has 2 heterocycles. The highest BCUT2D eigenvalue weighted by Crippen LogP contribution is 2.26. The van der Waals surface area contributed by atoms with Crippen LogP contribution in [0.1, 0.15) is 39.3 Å². The van der Waals surface area contributed by atoms with Crippen LogP contribution in [0.25, 0.3) is 11.5 Å². The van der Waals surface area contributed by atoms with E-state index in [1.807, 2.05) is 30.3 Å². The van der Waals surface area contributed by atoms with Crippen LogP contribution in [0.3, 0.4) is 0 Å². The Morgan fingerprint density at radius 1 is 1.24 bits per heavy atom. The zero-order chi connectivity index (χ0) is 18.0. The highest BCUT2D eigenvalue weighted by molar-refractivity contribution is 6.06. The minimum absolute atomic E-state index is 0.109. The molecule has 1 atom stereocenters. The Hall–Kier alpha value is -2.63. The van der Waals surface area contributed by atoms with E-state index >= 15 is 0 Å². The third-order valence-electron chi connectivity index (χ3n) is 4.46. The molecule has 2 aromatic rings. The Bertz CT molecular complexity index is 769. The van der Waals surface area contributed by atoms with Crippen molar-refractivity contribution >= 4 is 11.9 Å². The van der Waals surface area contributed by atoms with E-state index in [0.29, 0.717) is 23.9 Å². The number of rotatable bonds is 6. The first-order valence-electron chi connectivity index (χ1n) is 8.53. The van der Waals surface area contributed by atoms with E-state index in [9.17, 15) is 9.59 Å². The third-order valence-corrected chi connectivity index (χ3v) is 4.46. The summed E-state index contributed by atoms with van der Waals surface area (Å²) in [5.41, 5.74) is 0.566. The van der Waals surface area contributed by atoms with Crippen molar-refractivity contribution in [1.82, 2.24) is 15.2 Å². The van der Waals surface area contributed by atoms with Gasteiger partial charge in [0.2, 0.25) is 5.89 Å². The van der Waals surface area contributed by atoms with Crippen molar-refractivity contribution in [2.45, 2.75) is 45.7 Å². The number of nitrogens with one attached hydrogen (secondary N) is 1. The molecule has 25 heavy (non-hydrogen) atoms. The second kappa shape index (κ2) is 6.70. The van der Waals surface area contributed by atoms with Crippen LogP contribution in [-0.2, 0) is 11.3 Å². The van der Waals surface area contributed by atoms with Gasteiger partial charge < -0.3 is 9.73 Å². The Morgan fingerprint density at radius 3 is 2.64 bits per heavy atom.